The molecule has 1 heterocycles. The molecule has 0 aromatic heterocycles. The van der Waals surface area contributed by atoms with Crippen LogP contribution in [0.3, 0.4) is 0 Å². The third-order valence-electron chi connectivity index (χ3n) is 2.38. The van der Waals surface area contributed by atoms with Crippen molar-refractivity contribution in [3.8, 4) is 0 Å². The van der Waals surface area contributed by atoms with Crippen molar-refractivity contribution in [3.05, 3.63) is 0 Å². The molecule has 1 unspecified atom stereocenters. The Bertz CT molecular complexity index is 176. The van der Waals surface area contributed by atoms with Gasteiger partial charge in [-0.25, -0.2) is 0 Å². The molecule has 0 amide bonds. The first-order valence-corrected chi connectivity index (χ1v) is 6.13. The van der Waals surface area contributed by atoms with Crippen molar-refractivity contribution in [3.63, 3.8) is 0 Å². The molecule has 0 bridgehead atoms. The predicted octanol–water partition coefficient (Wildman–Crippen LogP) is 0.788. The average molecular weight is 218 g/mol. The second-order valence-corrected chi connectivity index (χ2v) is 6.36. The van der Waals surface area contributed by atoms with E-state index in [0.717, 1.165) is 19.6 Å². The quantitative estimate of drug-likeness (QED) is 0.757. The van der Waals surface area contributed by atoms with Gasteiger partial charge in [0, 0.05) is 43.3 Å². The molecule has 4 heteroatoms. The number of hydrogen-bond acceptors (Lipinski definition) is 4. The minimum Gasteiger partial charge on any atom is -0.383 e. The van der Waals surface area contributed by atoms with E-state index < -0.39 is 0 Å². The maximum Gasteiger partial charge on any atom is 0.0626 e. The molecule has 0 aliphatic carbocycles. The van der Waals surface area contributed by atoms with Crippen LogP contribution in [0.4, 0.5) is 0 Å². The Hall–Kier alpha value is 0.230. The van der Waals surface area contributed by atoms with Crippen LogP contribution in [0.5, 0.6) is 0 Å². The lowest BCUT2D eigenvalue weighted by molar-refractivity contribution is 0.151. The Morgan fingerprint density at radius 2 is 2.29 bits per heavy atom. The molecular formula is C10H22N2OS. The van der Waals surface area contributed by atoms with E-state index in [1.165, 1.54) is 5.75 Å². The molecule has 3 nitrogen and oxygen atoms in total. The molecule has 1 rings (SSSR count). The Morgan fingerprint density at radius 3 is 2.86 bits per heavy atom. The summed E-state index contributed by atoms with van der Waals surface area (Å²) in [7, 11) is 1.70. The molecular weight excluding hydrogens is 196 g/mol. The first kappa shape index (κ1) is 12.3. The summed E-state index contributed by atoms with van der Waals surface area (Å²) in [6, 6.07) is 0.152. The van der Waals surface area contributed by atoms with Gasteiger partial charge in [-0.15, -0.1) is 0 Å². The van der Waals surface area contributed by atoms with E-state index in [4.69, 9.17) is 10.5 Å². The smallest absolute Gasteiger partial charge is 0.0626 e. The van der Waals surface area contributed by atoms with Crippen LogP contribution >= 0.6 is 11.8 Å². The van der Waals surface area contributed by atoms with E-state index in [2.05, 4.69) is 30.5 Å². The average Bonchev–Trinajstić information content (AvgIpc) is 2.02. The summed E-state index contributed by atoms with van der Waals surface area (Å²) in [6.07, 6.45) is 0. The second kappa shape index (κ2) is 5.35. The summed E-state index contributed by atoms with van der Waals surface area (Å²) in [6.45, 7) is 8.50. The van der Waals surface area contributed by atoms with Gasteiger partial charge in [0.05, 0.1) is 6.61 Å². The molecule has 14 heavy (non-hydrogen) atoms. The van der Waals surface area contributed by atoms with E-state index in [1.54, 1.807) is 7.11 Å². The van der Waals surface area contributed by atoms with Gasteiger partial charge in [-0.3, -0.25) is 4.90 Å². The van der Waals surface area contributed by atoms with Crippen LogP contribution < -0.4 is 5.73 Å². The van der Waals surface area contributed by atoms with Crippen molar-refractivity contribution in [2.24, 2.45) is 5.73 Å². The lowest BCUT2D eigenvalue weighted by Gasteiger charge is -2.38. The van der Waals surface area contributed by atoms with Crippen LogP contribution in [0.1, 0.15) is 13.8 Å². The van der Waals surface area contributed by atoms with Crippen LogP contribution in [0.2, 0.25) is 0 Å². The highest BCUT2D eigenvalue weighted by molar-refractivity contribution is 8.00. The third-order valence-corrected chi connectivity index (χ3v) is 3.68. The predicted molar refractivity (Wildman–Crippen MR) is 62.8 cm³/mol. The summed E-state index contributed by atoms with van der Waals surface area (Å²) >= 11 is 2.05. The zero-order valence-corrected chi connectivity index (χ0v) is 10.3. The zero-order chi connectivity index (χ0) is 10.6. The number of rotatable bonds is 4. The summed E-state index contributed by atoms with van der Waals surface area (Å²) < 4.78 is 5.42. The maximum absolute atomic E-state index is 5.93. The zero-order valence-electron chi connectivity index (χ0n) is 9.45. The molecule has 0 spiro atoms. The van der Waals surface area contributed by atoms with Gasteiger partial charge < -0.3 is 10.5 Å². The van der Waals surface area contributed by atoms with Gasteiger partial charge >= 0.3 is 0 Å². The van der Waals surface area contributed by atoms with Crippen LogP contribution in [0.15, 0.2) is 0 Å². The van der Waals surface area contributed by atoms with Crippen molar-refractivity contribution < 1.29 is 4.74 Å². The number of thioether (sulfide) groups is 1. The number of hydrogen-bond donors (Lipinski definition) is 1. The Balaban J connectivity index is 2.30. The van der Waals surface area contributed by atoms with Gasteiger partial charge in [0.2, 0.25) is 0 Å². The van der Waals surface area contributed by atoms with Crippen molar-refractivity contribution in [2.75, 3.05) is 39.1 Å². The van der Waals surface area contributed by atoms with Gasteiger partial charge in [0.25, 0.3) is 0 Å². The van der Waals surface area contributed by atoms with Crippen molar-refractivity contribution >= 4 is 11.8 Å². The molecule has 1 aliphatic heterocycles. The van der Waals surface area contributed by atoms with Crippen LogP contribution in [-0.2, 0) is 4.74 Å². The highest BCUT2D eigenvalue weighted by Gasteiger charge is 2.27. The summed E-state index contributed by atoms with van der Waals surface area (Å²) in [5.41, 5.74) is 5.93. The molecule has 1 atom stereocenters. The fourth-order valence-electron chi connectivity index (χ4n) is 1.87. The SMILES string of the molecule is COCC(N)CN1CCSC(C)(C)C1. The highest BCUT2D eigenvalue weighted by atomic mass is 32.2. The summed E-state index contributed by atoms with van der Waals surface area (Å²) in [4.78, 5) is 2.44. The second-order valence-electron chi connectivity index (χ2n) is 4.56. The first-order valence-electron chi connectivity index (χ1n) is 5.14. The molecule has 1 saturated heterocycles. The van der Waals surface area contributed by atoms with E-state index in [-0.39, 0.29) is 6.04 Å². The van der Waals surface area contributed by atoms with Crippen LogP contribution in [-0.4, -0.2) is 54.8 Å². The Kier molecular flexibility index (Phi) is 4.70. The fourth-order valence-corrected chi connectivity index (χ4v) is 3.04. The van der Waals surface area contributed by atoms with Gasteiger partial charge in [-0.2, -0.15) is 11.8 Å². The first-order chi connectivity index (χ1) is 6.53. The third kappa shape index (κ3) is 4.17. The standard InChI is InChI=1S/C10H22N2OS/c1-10(2)8-12(4-5-14-10)6-9(11)7-13-3/h9H,4-8,11H2,1-3H3. The van der Waals surface area contributed by atoms with E-state index in [1.807, 2.05) is 0 Å². The molecule has 84 valence electrons. The maximum atomic E-state index is 5.93. The van der Waals surface area contributed by atoms with Crippen LogP contribution in [0, 0.1) is 0 Å². The summed E-state index contributed by atoms with van der Waals surface area (Å²) in [5.74, 6) is 1.21. The van der Waals surface area contributed by atoms with Crippen molar-refractivity contribution in [2.45, 2.75) is 24.6 Å². The normalized spacial score (nSPS) is 24.9. The number of ether oxygens (including phenoxy) is 1. The van der Waals surface area contributed by atoms with Gasteiger partial charge in [0.15, 0.2) is 0 Å². The fraction of sp³-hybridized carbons (Fsp3) is 1.00. The van der Waals surface area contributed by atoms with Gasteiger partial charge in [0.1, 0.15) is 0 Å². The molecule has 1 aliphatic rings. The van der Waals surface area contributed by atoms with Gasteiger partial charge in [-0.05, 0) is 13.8 Å². The molecule has 0 saturated carbocycles. The minimum absolute atomic E-state index is 0.152. The van der Waals surface area contributed by atoms with Crippen molar-refractivity contribution in [1.82, 2.24) is 4.90 Å². The molecule has 1 fully saturated rings. The lowest BCUT2D eigenvalue weighted by Crippen LogP contribution is -2.48. The Morgan fingerprint density at radius 1 is 1.57 bits per heavy atom. The van der Waals surface area contributed by atoms with E-state index in [9.17, 15) is 0 Å². The number of methoxy groups -OCH3 is 1. The summed E-state index contributed by atoms with van der Waals surface area (Å²) in [5, 5.41) is 0. The topological polar surface area (TPSA) is 38.5 Å². The molecule has 0 aromatic rings. The molecule has 0 aromatic carbocycles. The molecule has 2 N–H and O–H groups in total. The lowest BCUT2D eigenvalue weighted by atomic mass is 10.1. The molecule has 0 radical (unpaired) electrons. The highest BCUT2D eigenvalue weighted by Crippen LogP contribution is 2.29. The van der Waals surface area contributed by atoms with Crippen molar-refractivity contribution in [1.29, 1.82) is 0 Å². The number of nitrogens with two attached hydrogens (primary N) is 1. The minimum atomic E-state index is 0.152. The van der Waals surface area contributed by atoms with Gasteiger partial charge in [-0.1, -0.05) is 0 Å². The number of nitrogens with zero attached hydrogens (tertiary/aromatic N) is 1. The monoisotopic (exact) mass is 218 g/mol. The largest absolute Gasteiger partial charge is 0.383 e. The van der Waals surface area contributed by atoms with E-state index >= 15 is 0 Å². The van der Waals surface area contributed by atoms with E-state index in [0.29, 0.717) is 11.4 Å². The van der Waals surface area contributed by atoms with Crippen LogP contribution in [0.25, 0.3) is 0 Å². The Labute approximate surface area is 91.4 Å².